The molecule has 0 aliphatic heterocycles. The molecule has 3 N–H and O–H groups in total. The van der Waals surface area contributed by atoms with Crippen molar-refractivity contribution in [1.29, 1.82) is 0 Å². The molecule has 0 aromatic carbocycles. The number of nitrogens with one attached hydrogen (secondary N) is 1. The first-order chi connectivity index (χ1) is 9.72. The predicted octanol–water partition coefficient (Wildman–Crippen LogP) is 1.38. The molecule has 2 aromatic rings. The largest absolute Gasteiger partial charge is 0.443 e. The average molecular weight is 295 g/mol. The lowest BCUT2D eigenvalue weighted by Gasteiger charge is -2.11. The maximum absolute atomic E-state index is 11.7. The van der Waals surface area contributed by atoms with Crippen LogP contribution in [-0.2, 0) is 16.1 Å². The van der Waals surface area contributed by atoms with Gasteiger partial charge in [-0.25, -0.2) is 4.98 Å². The van der Waals surface area contributed by atoms with Crippen LogP contribution in [-0.4, -0.2) is 30.6 Å². The summed E-state index contributed by atoms with van der Waals surface area (Å²) in [5.41, 5.74) is 6.15. The Morgan fingerprint density at radius 3 is 3.15 bits per heavy atom. The summed E-state index contributed by atoms with van der Waals surface area (Å²) in [6.45, 7) is 0.644. The lowest BCUT2D eigenvalue weighted by atomic mass is 10.2. The molecular weight excluding hydrogens is 278 g/mol. The van der Waals surface area contributed by atoms with Gasteiger partial charge in [0.2, 0.25) is 11.8 Å². The van der Waals surface area contributed by atoms with E-state index in [1.54, 1.807) is 17.6 Å². The van der Waals surface area contributed by atoms with Gasteiger partial charge in [0.1, 0.15) is 6.26 Å². The van der Waals surface area contributed by atoms with Crippen LogP contribution in [0.1, 0.15) is 12.1 Å². The van der Waals surface area contributed by atoms with Crippen LogP contribution in [0.5, 0.6) is 0 Å². The average Bonchev–Trinajstić information content (AvgIpc) is 3.12. The minimum atomic E-state index is -0.256. The molecule has 0 bridgehead atoms. The third-order valence-corrected chi connectivity index (χ3v) is 3.62. The molecule has 1 atom stereocenters. The van der Waals surface area contributed by atoms with Gasteiger partial charge in [0.25, 0.3) is 0 Å². The topological polar surface area (TPSA) is 90.4 Å². The van der Waals surface area contributed by atoms with E-state index >= 15 is 0 Å². The zero-order valence-electron chi connectivity index (χ0n) is 11.2. The predicted molar refractivity (Wildman–Crippen MR) is 76.1 cm³/mol. The number of carbonyl (C=O) groups is 1. The second-order valence-electron chi connectivity index (χ2n) is 4.20. The fraction of sp³-hybridized carbons (Fsp3) is 0.385. The third kappa shape index (κ3) is 3.89. The molecule has 0 radical (unpaired) electrons. The van der Waals surface area contributed by atoms with Gasteiger partial charge in [-0.15, -0.1) is 11.3 Å². The van der Waals surface area contributed by atoms with Gasteiger partial charge in [0.05, 0.1) is 29.6 Å². The van der Waals surface area contributed by atoms with Crippen molar-refractivity contribution >= 4 is 17.2 Å². The van der Waals surface area contributed by atoms with E-state index in [4.69, 9.17) is 14.9 Å². The van der Waals surface area contributed by atoms with Crippen molar-refractivity contribution in [2.24, 2.45) is 5.73 Å². The van der Waals surface area contributed by atoms with Crippen LogP contribution in [0, 0.1) is 0 Å². The molecule has 0 saturated heterocycles. The summed E-state index contributed by atoms with van der Waals surface area (Å²) in [5, 5.41) is 4.72. The van der Waals surface area contributed by atoms with Crippen molar-refractivity contribution in [1.82, 2.24) is 10.3 Å². The number of hydrogen-bond donors (Lipinski definition) is 2. The molecule has 20 heavy (non-hydrogen) atoms. The van der Waals surface area contributed by atoms with Gasteiger partial charge in [-0.1, -0.05) is 6.07 Å². The summed E-state index contributed by atoms with van der Waals surface area (Å²) >= 11 is 1.55. The highest BCUT2D eigenvalue weighted by atomic mass is 32.1. The molecule has 2 heterocycles. The Labute approximate surface area is 120 Å². The molecule has 1 unspecified atom stereocenters. The van der Waals surface area contributed by atoms with Crippen LogP contribution in [0.3, 0.4) is 0 Å². The second-order valence-corrected chi connectivity index (χ2v) is 5.14. The van der Waals surface area contributed by atoms with Crippen LogP contribution in [0.2, 0.25) is 0 Å². The number of oxazole rings is 1. The van der Waals surface area contributed by atoms with E-state index in [1.165, 1.54) is 7.11 Å². The summed E-state index contributed by atoms with van der Waals surface area (Å²) in [5.74, 6) is 0.448. The summed E-state index contributed by atoms with van der Waals surface area (Å²) in [6, 6.07) is 3.87. The fourth-order valence-corrected chi connectivity index (χ4v) is 2.29. The number of nitrogens with two attached hydrogens (primary N) is 1. The van der Waals surface area contributed by atoms with E-state index in [1.807, 2.05) is 17.5 Å². The number of amides is 1. The van der Waals surface area contributed by atoms with E-state index in [9.17, 15) is 4.79 Å². The van der Waals surface area contributed by atoms with Gasteiger partial charge in [0, 0.05) is 13.7 Å². The van der Waals surface area contributed by atoms with Crippen molar-refractivity contribution < 1.29 is 13.9 Å². The van der Waals surface area contributed by atoms with Crippen LogP contribution < -0.4 is 11.1 Å². The van der Waals surface area contributed by atoms with Crippen molar-refractivity contribution in [3.05, 3.63) is 29.5 Å². The zero-order chi connectivity index (χ0) is 14.4. The van der Waals surface area contributed by atoms with E-state index in [0.29, 0.717) is 24.7 Å². The second kappa shape index (κ2) is 7.18. The highest BCUT2D eigenvalue weighted by Crippen LogP contribution is 2.23. The first kappa shape index (κ1) is 14.7. The first-order valence-electron chi connectivity index (χ1n) is 6.20. The molecule has 1 amide bonds. The molecule has 108 valence electrons. The third-order valence-electron chi connectivity index (χ3n) is 2.76. The van der Waals surface area contributed by atoms with Crippen LogP contribution in [0.25, 0.3) is 10.8 Å². The summed E-state index contributed by atoms with van der Waals surface area (Å²) < 4.78 is 10.4. The van der Waals surface area contributed by atoms with E-state index in [-0.39, 0.29) is 18.4 Å². The Hall–Kier alpha value is -1.70. The normalized spacial score (nSPS) is 12.3. The SMILES string of the molecule is COC(CN)CC(=O)NCc1coc(-c2cccs2)n1. The highest BCUT2D eigenvalue weighted by molar-refractivity contribution is 7.13. The molecule has 0 aliphatic carbocycles. The number of thiophene rings is 1. The molecule has 0 saturated carbocycles. The number of carbonyl (C=O) groups excluding carboxylic acids is 1. The van der Waals surface area contributed by atoms with Gasteiger partial charge >= 0.3 is 0 Å². The quantitative estimate of drug-likeness (QED) is 0.805. The van der Waals surface area contributed by atoms with E-state index < -0.39 is 0 Å². The minimum Gasteiger partial charge on any atom is -0.443 e. The van der Waals surface area contributed by atoms with Gasteiger partial charge in [0.15, 0.2) is 0 Å². The maximum atomic E-state index is 11.7. The number of ether oxygens (including phenoxy) is 1. The Bertz CT molecular complexity index is 535. The van der Waals surface area contributed by atoms with Crippen molar-refractivity contribution in [3.8, 4) is 10.8 Å². The van der Waals surface area contributed by atoms with E-state index in [2.05, 4.69) is 10.3 Å². The molecule has 7 heteroatoms. The molecule has 2 aromatic heterocycles. The summed E-state index contributed by atoms with van der Waals surface area (Å²) in [4.78, 5) is 17.0. The van der Waals surface area contributed by atoms with Gasteiger partial charge in [-0.3, -0.25) is 4.79 Å². The number of methoxy groups -OCH3 is 1. The standard InChI is InChI=1S/C13H17N3O3S/c1-18-10(6-14)5-12(17)15-7-9-8-19-13(16-9)11-3-2-4-20-11/h2-4,8,10H,5-7,14H2,1H3,(H,15,17). The zero-order valence-corrected chi connectivity index (χ0v) is 12.0. The van der Waals surface area contributed by atoms with Gasteiger partial charge in [-0.2, -0.15) is 0 Å². The molecule has 2 rings (SSSR count). The van der Waals surface area contributed by atoms with E-state index in [0.717, 1.165) is 4.88 Å². The fourth-order valence-electron chi connectivity index (χ4n) is 1.63. The minimum absolute atomic E-state index is 0.122. The molecule has 0 fully saturated rings. The summed E-state index contributed by atoms with van der Waals surface area (Å²) in [6.07, 6.45) is 1.53. The number of hydrogen-bond acceptors (Lipinski definition) is 6. The molecule has 0 aliphatic rings. The van der Waals surface area contributed by atoms with Crippen molar-refractivity contribution in [2.75, 3.05) is 13.7 Å². The lowest BCUT2D eigenvalue weighted by Crippen LogP contribution is -2.31. The molecule has 0 spiro atoms. The number of nitrogens with zero attached hydrogens (tertiary/aromatic N) is 1. The summed E-state index contributed by atoms with van der Waals surface area (Å²) in [7, 11) is 1.54. The molecule has 6 nitrogen and oxygen atoms in total. The number of rotatable bonds is 7. The number of aromatic nitrogens is 1. The Morgan fingerprint density at radius 2 is 2.50 bits per heavy atom. The Kier molecular flexibility index (Phi) is 5.28. The Morgan fingerprint density at radius 1 is 1.65 bits per heavy atom. The monoisotopic (exact) mass is 295 g/mol. The molecular formula is C13H17N3O3S. The smallest absolute Gasteiger partial charge is 0.236 e. The van der Waals surface area contributed by atoms with Crippen LogP contribution in [0.15, 0.2) is 28.2 Å². The van der Waals surface area contributed by atoms with Gasteiger partial charge in [-0.05, 0) is 11.4 Å². The Balaban J connectivity index is 1.84. The van der Waals surface area contributed by atoms with Crippen molar-refractivity contribution in [2.45, 2.75) is 19.1 Å². The van der Waals surface area contributed by atoms with Crippen molar-refractivity contribution in [3.63, 3.8) is 0 Å². The maximum Gasteiger partial charge on any atom is 0.236 e. The highest BCUT2D eigenvalue weighted by Gasteiger charge is 2.12. The van der Waals surface area contributed by atoms with Crippen LogP contribution in [0.4, 0.5) is 0 Å². The first-order valence-corrected chi connectivity index (χ1v) is 7.08. The van der Waals surface area contributed by atoms with Gasteiger partial charge < -0.3 is 20.2 Å². The van der Waals surface area contributed by atoms with Crippen LogP contribution >= 0.6 is 11.3 Å². The lowest BCUT2D eigenvalue weighted by molar-refractivity contribution is -0.123.